The monoisotopic (exact) mass is 184 g/mol. The minimum atomic E-state index is -0.935. The molecule has 0 saturated carbocycles. The first-order valence-corrected chi connectivity index (χ1v) is 3.65. The number of carboxylic acids is 1. The third-order valence-electron chi connectivity index (χ3n) is 0.714. The average Bonchev–Trinajstić information content (AvgIpc) is 1.84. The Bertz CT molecular complexity index is 202. The molecule has 0 aliphatic rings. The highest BCUT2D eigenvalue weighted by Gasteiger charge is 1.90. The highest BCUT2D eigenvalue weighted by Crippen LogP contribution is 1.97. The van der Waals surface area contributed by atoms with Crippen LogP contribution < -0.4 is 0 Å². The Labute approximate surface area is 79.0 Å². The van der Waals surface area contributed by atoms with Gasteiger partial charge in [0.15, 0.2) is 0 Å². The summed E-state index contributed by atoms with van der Waals surface area (Å²) >= 11 is 0. The predicted octanol–water partition coefficient (Wildman–Crippen LogP) is 2.72. The van der Waals surface area contributed by atoms with Crippen LogP contribution in [0.5, 0.6) is 0 Å². The molecular formula is C10H16O3. The molecule has 13 heavy (non-hydrogen) atoms. The van der Waals surface area contributed by atoms with Gasteiger partial charge in [0.25, 0.3) is 0 Å². The third-order valence-corrected chi connectivity index (χ3v) is 0.714. The van der Waals surface area contributed by atoms with Gasteiger partial charge in [-0.05, 0) is 20.8 Å². The van der Waals surface area contributed by atoms with Crippen molar-refractivity contribution in [3.8, 4) is 0 Å². The highest BCUT2D eigenvalue weighted by atomic mass is 16.5. The maximum absolute atomic E-state index is 9.60. The molecule has 0 saturated heterocycles. The van der Waals surface area contributed by atoms with Crippen molar-refractivity contribution >= 4 is 5.97 Å². The van der Waals surface area contributed by atoms with Gasteiger partial charge in [-0.1, -0.05) is 19.7 Å². The normalized spacial score (nSPS) is 7.62. The molecule has 0 aliphatic carbocycles. The van der Waals surface area contributed by atoms with Gasteiger partial charge in [-0.25, -0.2) is 4.79 Å². The molecule has 0 atom stereocenters. The van der Waals surface area contributed by atoms with Gasteiger partial charge in [-0.15, -0.1) is 0 Å². The number of carboxylic acid groups (broad SMARTS) is 1. The molecule has 0 fully saturated rings. The number of hydrogen-bond donors (Lipinski definition) is 1. The van der Waals surface area contributed by atoms with Crippen LogP contribution >= 0.6 is 0 Å². The summed E-state index contributed by atoms with van der Waals surface area (Å²) in [6.07, 6.45) is 0. The molecule has 0 amide bonds. The van der Waals surface area contributed by atoms with Crippen LogP contribution in [0.15, 0.2) is 36.8 Å². The highest BCUT2D eigenvalue weighted by molar-refractivity contribution is 5.84. The summed E-state index contributed by atoms with van der Waals surface area (Å²) in [6.45, 7) is 15.2. The smallest absolute Gasteiger partial charge is 0.330 e. The fraction of sp³-hybridized carbons (Fsp3) is 0.300. The fourth-order valence-corrected chi connectivity index (χ4v) is 0.297. The van der Waals surface area contributed by atoms with Crippen molar-refractivity contribution in [1.29, 1.82) is 0 Å². The van der Waals surface area contributed by atoms with Crippen LogP contribution in [0.2, 0.25) is 0 Å². The summed E-state index contributed by atoms with van der Waals surface area (Å²) in [5.41, 5.74) is 0.176. The summed E-state index contributed by atoms with van der Waals surface area (Å²) in [4.78, 5) is 9.60. The first-order valence-electron chi connectivity index (χ1n) is 3.65. The maximum Gasteiger partial charge on any atom is 0.330 e. The molecular weight excluding hydrogens is 168 g/mol. The Hall–Kier alpha value is -1.51. The van der Waals surface area contributed by atoms with Crippen molar-refractivity contribution < 1.29 is 14.6 Å². The molecule has 0 aromatic heterocycles. The van der Waals surface area contributed by atoms with E-state index in [4.69, 9.17) is 9.84 Å². The molecule has 3 heteroatoms. The Morgan fingerprint density at radius 2 is 1.31 bits per heavy atom. The molecule has 0 aromatic carbocycles. The largest absolute Gasteiger partial charge is 0.478 e. The zero-order valence-electron chi connectivity index (χ0n) is 8.39. The molecule has 0 spiro atoms. The Morgan fingerprint density at radius 3 is 1.31 bits per heavy atom. The van der Waals surface area contributed by atoms with E-state index < -0.39 is 5.97 Å². The zero-order valence-corrected chi connectivity index (χ0v) is 8.39. The summed E-state index contributed by atoms with van der Waals surface area (Å²) in [6, 6.07) is 0. The Balaban J connectivity index is 0. The van der Waals surface area contributed by atoms with E-state index in [2.05, 4.69) is 19.7 Å². The van der Waals surface area contributed by atoms with Crippen molar-refractivity contribution in [1.82, 2.24) is 0 Å². The van der Waals surface area contributed by atoms with Crippen LogP contribution in [0.4, 0.5) is 0 Å². The van der Waals surface area contributed by atoms with Gasteiger partial charge < -0.3 is 9.84 Å². The molecule has 3 nitrogen and oxygen atoms in total. The lowest BCUT2D eigenvalue weighted by Crippen LogP contribution is -1.92. The van der Waals surface area contributed by atoms with Crippen LogP contribution in [0.25, 0.3) is 0 Å². The van der Waals surface area contributed by atoms with Crippen molar-refractivity contribution in [3.63, 3.8) is 0 Å². The van der Waals surface area contributed by atoms with E-state index in [1.165, 1.54) is 6.92 Å². The summed E-state index contributed by atoms with van der Waals surface area (Å²) < 4.78 is 4.86. The lowest BCUT2D eigenvalue weighted by atomic mass is 10.4. The van der Waals surface area contributed by atoms with E-state index in [0.29, 0.717) is 11.5 Å². The van der Waals surface area contributed by atoms with Crippen molar-refractivity contribution in [3.05, 3.63) is 36.8 Å². The molecule has 0 unspecified atom stereocenters. The second kappa shape index (κ2) is 7.16. The SMILES string of the molecule is C=C(C)C(=O)O.C=C(C)OC(=C)C. The topological polar surface area (TPSA) is 46.5 Å². The molecule has 0 heterocycles. The van der Waals surface area contributed by atoms with Crippen LogP contribution in [0, 0.1) is 0 Å². The van der Waals surface area contributed by atoms with E-state index in [-0.39, 0.29) is 5.57 Å². The molecule has 0 aromatic rings. The lowest BCUT2D eigenvalue weighted by molar-refractivity contribution is -0.132. The van der Waals surface area contributed by atoms with Gasteiger partial charge in [0.2, 0.25) is 0 Å². The van der Waals surface area contributed by atoms with Gasteiger partial charge in [0.1, 0.15) is 0 Å². The number of aliphatic carboxylic acids is 1. The van der Waals surface area contributed by atoms with E-state index in [1.807, 2.05) is 0 Å². The number of ether oxygens (including phenoxy) is 1. The van der Waals surface area contributed by atoms with Gasteiger partial charge in [0.05, 0.1) is 11.5 Å². The fourth-order valence-electron chi connectivity index (χ4n) is 0.297. The van der Waals surface area contributed by atoms with Gasteiger partial charge >= 0.3 is 5.97 Å². The van der Waals surface area contributed by atoms with Crippen LogP contribution in [0.1, 0.15) is 20.8 Å². The van der Waals surface area contributed by atoms with Gasteiger partial charge in [-0.3, -0.25) is 0 Å². The minimum Gasteiger partial charge on any atom is -0.478 e. The zero-order chi connectivity index (χ0) is 11.0. The Kier molecular flexibility index (Phi) is 7.73. The molecule has 0 aliphatic heterocycles. The summed E-state index contributed by atoms with van der Waals surface area (Å²) in [5, 5.41) is 7.89. The third kappa shape index (κ3) is 18.0. The Morgan fingerprint density at radius 1 is 1.08 bits per heavy atom. The van der Waals surface area contributed by atoms with E-state index in [1.54, 1.807) is 13.8 Å². The van der Waals surface area contributed by atoms with Crippen molar-refractivity contribution in [2.75, 3.05) is 0 Å². The second-order valence-electron chi connectivity index (χ2n) is 2.59. The standard InChI is InChI=1S/C6H10O.C4H6O2/c1-5(2)7-6(3)4;1-3(2)4(5)6/h1,3H2,2,4H3;1H2,2H3,(H,5,6). The van der Waals surface area contributed by atoms with E-state index in [0.717, 1.165) is 0 Å². The molecule has 1 N–H and O–H groups in total. The summed E-state index contributed by atoms with van der Waals surface area (Å²) in [5.74, 6) is 0.440. The molecule has 0 bridgehead atoms. The number of allylic oxidation sites excluding steroid dienone is 2. The van der Waals surface area contributed by atoms with Gasteiger partial charge in [0, 0.05) is 5.57 Å². The maximum atomic E-state index is 9.60. The molecule has 74 valence electrons. The van der Waals surface area contributed by atoms with Crippen LogP contribution in [-0.2, 0) is 9.53 Å². The number of carbonyl (C=O) groups is 1. The van der Waals surface area contributed by atoms with Crippen LogP contribution in [-0.4, -0.2) is 11.1 Å². The van der Waals surface area contributed by atoms with Gasteiger partial charge in [-0.2, -0.15) is 0 Å². The van der Waals surface area contributed by atoms with E-state index in [9.17, 15) is 4.79 Å². The molecule has 0 radical (unpaired) electrons. The lowest BCUT2D eigenvalue weighted by Gasteiger charge is -1.99. The van der Waals surface area contributed by atoms with Crippen LogP contribution in [0.3, 0.4) is 0 Å². The molecule has 0 rings (SSSR count). The average molecular weight is 184 g/mol. The first kappa shape index (κ1) is 14.0. The minimum absolute atomic E-state index is 0.176. The summed E-state index contributed by atoms with van der Waals surface area (Å²) in [7, 11) is 0. The number of hydrogen-bond acceptors (Lipinski definition) is 2. The van der Waals surface area contributed by atoms with Crippen molar-refractivity contribution in [2.45, 2.75) is 20.8 Å². The quantitative estimate of drug-likeness (QED) is 0.542. The van der Waals surface area contributed by atoms with E-state index >= 15 is 0 Å². The van der Waals surface area contributed by atoms with Crippen molar-refractivity contribution in [2.24, 2.45) is 0 Å². The first-order chi connectivity index (χ1) is 5.77. The predicted molar refractivity (Wildman–Crippen MR) is 53.2 cm³/mol. The second-order valence-corrected chi connectivity index (χ2v) is 2.59. The number of rotatable bonds is 3.